The van der Waals surface area contributed by atoms with Crippen molar-refractivity contribution in [2.45, 2.75) is 59.3 Å². The molecule has 3 aromatic carbocycles. The van der Waals surface area contributed by atoms with Gasteiger partial charge < -0.3 is 10.1 Å². The maximum atomic E-state index is 9.00. The molecule has 0 bridgehead atoms. The first-order valence-electron chi connectivity index (χ1n) is 11.4. The molecule has 0 saturated carbocycles. The molecule has 0 unspecified atom stereocenters. The van der Waals surface area contributed by atoms with Gasteiger partial charge >= 0.3 is 0 Å². The van der Waals surface area contributed by atoms with Crippen molar-refractivity contribution in [3.8, 4) is 22.4 Å². The molecule has 1 aromatic heterocycles. The van der Waals surface area contributed by atoms with E-state index in [1.807, 2.05) is 0 Å². The molecule has 0 saturated heterocycles. The van der Waals surface area contributed by atoms with E-state index in [1.165, 1.54) is 44.4 Å². The van der Waals surface area contributed by atoms with Crippen molar-refractivity contribution >= 4 is 16.9 Å². The lowest BCUT2D eigenvalue weighted by atomic mass is 9.85. The van der Waals surface area contributed by atoms with E-state index in [9.17, 15) is 0 Å². The maximum absolute atomic E-state index is 9.00. The Labute approximate surface area is 197 Å². The van der Waals surface area contributed by atoms with Crippen molar-refractivity contribution in [3.63, 3.8) is 0 Å². The van der Waals surface area contributed by atoms with E-state index in [0.29, 0.717) is 0 Å². The van der Waals surface area contributed by atoms with Crippen LogP contribution in [-0.4, -0.2) is 16.1 Å². The third kappa shape index (κ3) is 5.73. The Morgan fingerprint density at radius 1 is 0.697 bits per heavy atom. The molecule has 3 nitrogen and oxygen atoms in total. The third-order valence-electron chi connectivity index (χ3n) is 5.79. The van der Waals surface area contributed by atoms with E-state index in [-0.39, 0.29) is 10.8 Å². The number of para-hydroxylation sites is 1. The second-order valence-electron chi connectivity index (χ2n) is 10.6. The third-order valence-corrected chi connectivity index (χ3v) is 5.79. The van der Waals surface area contributed by atoms with Crippen LogP contribution in [0.15, 0.2) is 72.8 Å². The van der Waals surface area contributed by atoms with Crippen molar-refractivity contribution in [2.24, 2.45) is 0 Å². The highest BCUT2D eigenvalue weighted by atomic mass is 16.4. The number of benzene rings is 3. The molecular formula is C30H35NO2. The molecule has 0 aliphatic heterocycles. The molecule has 0 aliphatic carbocycles. The van der Waals surface area contributed by atoms with Crippen LogP contribution in [0, 0.1) is 0 Å². The average molecular weight is 442 g/mol. The topological polar surface area (TPSA) is 53.1 Å². The van der Waals surface area contributed by atoms with Crippen molar-refractivity contribution < 1.29 is 9.90 Å². The Morgan fingerprint density at radius 2 is 1.12 bits per heavy atom. The second kappa shape index (κ2) is 9.27. The van der Waals surface area contributed by atoms with Crippen molar-refractivity contribution in [1.29, 1.82) is 0 Å². The highest BCUT2D eigenvalue weighted by Crippen LogP contribution is 2.39. The summed E-state index contributed by atoms with van der Waals surface area (Å²) in [5.74, 6) is -0.833. The summed E-state index contributed by atoms with van der Waals surface area (Å²) in [4.78, 5) is 12.7. The van der Waals surface area contributed by atoms with Gasteiger partial charge in [-0.2, -0.15) is 0 Å². The summed E-state index contributed by atoms with van der Waals surface area (Å²) in [7, 11) is 0. The van der Waals surface area contributed by atoms with E-state index in [0.717, 1.165) is 6.92 Å². The Balaban J connectivity index is 0.000000709. The van der Waals surface area contributed by atoms with Gasteiger partial charge in [0.25, 0.3) is 5.97 Å². The fourth-order valence-corrected chi connectivity index (χ4v) is 3.93. The first-order valence-corrected chi connectivity index (χ1v) is 11.4. The molecule has 0 amide bonds. The van der Waals surface area contributed by atoms with Crippen LogP contribution in [-0.2, 0) is 15.6 Å². The summed E-state index contributed by atoms with van der Waals surface area (Å²) in [6, 6.07) is 26.7. The molecule has 0 atom stereocenters. The van der Waals surface area contributed by atoms with Crippen LogP contribution in [0.5, 0.6) is 0 Å². The van der Waals surface area contributed by atoms with E-state index in [1.54, 1.807) is 0 Å². The minimum Gasteiger partial charge on any atom is -0.481 e. The van der Waals surface area contributed by atoms with Gasteiger partial charge in [0.05, 0.1) is 5.69 Å². The lowest BCUT2D eigenvalue weighted by Crippen LogP contribution is -2.10. The van der Waals surface area contributed by atoms with Gasteiger partial charge in [0, 0.05) is 23.4 Å². The zero-order valence-corrected chi connectivity index (χ0v) is 20.8. The normalized spacial score (nSPS) is 11.7. The molecule has 0 radical (unpaired) electrons. The van der Waals surface area contributed by atoms with Crippen molar-refractivity contribution in [2.75, 3.05) is 0 Å². The zero-order valence-electron chi connectivity index (χ0n) is 20.8. The number of hydrogen-bond donors (Lipinski definition) is 2. The summed E-state index contributed by atoms with van der Waals surface area (Å²) < 4.78 is 0. The van der Waals surface area contributed by atoms with E-state index < -0.39 is 5.97 Å². The lowest BCUT2D eigenvalue weighted by Gasteiger charge is -2.20. The van der Waals surface area contributed by atoms with Gasteiger partial charge in [-0.15, -0.1) is 0 Å². The van der Waals surface area contributed by atoms with Gasteiger partial charge in [-0.25, -0.2) is 0 Å². The predicted octanol–water partition coefficient (Wildman–Crippen LogP) is 8.19. The van der Waals surface area contributed by atoms with Gasteiger partial charge in [0.2, 0.25) is 0 Å². The highest BCUT2D eigenvalue weighted by molar-refractivity contribution is 6.03. The lowest BCUT2D eigenvalue weighted by molar-refractivity contribution is -0.134. The Morgan fingerprint density at radius 3 is 1.58 bits per heavy atom. The van der Waals surface area contributed by atoms with Crippen molar-refractivity contribution in [1.82, 2.24) is 4.98 Å². The molecule has 1 heterocycles. The maximum Gasteiger partial charge on any atom is 0.300 e. The van der Waals surface area contributed by atoms with Gasteiger partial charge in [-0.1, -0.05) is 108 Å². The van der Waals surface area contributed by atoms with E-state index in [2.05, 4.69) is 119 Å². The number of hydrogen-bond acceptors (Lipinski definition) is 1. The minimum atomic E-state index is -0.833. The number of carboxylic acids is 1. The van der Waals surface area contributed by atoms with Crippen LogP contribution < -0.4 is 0 Å². The minimum absolute atomic E-state index is 0.157. The number of nitrogens with one attached hydrogen (secondary N) is 1. The van der Waals surface area contributed by atoms with Crippen LogP contribution >= 0.6 is 0 Å². The average Bonchev–Trinajstić information content (AvgIpc) is 3.12. The Hall–Kier alpha value is -3.33. The van der Waals surface area contributed by atoms with E-state index in [4.69, 9.17) is 9.90 Å². The number of aromatic nitrogens is 1. The fraction of sp³-hybridized carbons (Fsp3) is 0.300. The fourth-order valence-electron chi connectivity index (χ4n) is 3.93. The first-order chi connectivity index (χ1) is 15.4. The Bertz CT molecular complexity index is 1230. The van der Waals surface area contributed by atoms with E-state index >= 15 is 0 Å². The summed E-state index contributed by atoms with van der Waals surface area (Å²) in [6.07, 6.45) is 0. The highest BCUT2D eigenvalue weighted by Gasteiger charge is 2.18. The summed E-state index contributed by atoms with van der Waals surface area (Å²) in [5.41, 5.74) is 9.16. The van der Waals surface area contributed by atoms with Crippen LogP contribution in [0.1, 0.15) is 59.6 Å². The molecule has 4 rings (SSSR count). The van der Waals surface area contributed by atoms with Crippen LogP contribution in [0.3, 0.4) is 0 Å². The van der Waals surface area contributed by atoms with Crippen molar-refractivity contribution in [3.05, 3.63) is 83.9 Å². The number of carbonyl (C=O) groups is 1. The van der Waals surface area contributed by atoms with Crippen LogP contribution in [0.25, 0.3) is 33.3 Å². The molecule has 0 spiro atoms. The molecule has 33 heavy (non-hydrogen) atoms. The number of H-pyrrole nitrogens is 1. The number of fused-ring (bicyclic) bond motifs is 1. The molecule has 2 N–H and O–H groups in total. The monoisotopic (exact) mass is 441 g/mol. The number of carboxylic acid groups (broad SMARTS) is 1. The summed E-state index contributed by atoms with van der Waals surface area (Å²) >= 11 is 0. The summed E-state index contributed by atoms with van der Waals surface area (Å²) in [6.45, 7) is 14.6. The smallest absolute Gasteiger partial charge is 0.300 e. The van der Waals surface area contributed by atoms with Gasteiger partial charge in [-0.05, 0) is 39.2 Å². The van der Waals surface area contributed by atoms with Gasteiger partial charge in [-0.3, -0.25) is 4.79 Å². The quantitative estimate of drug-likeness (QED) is 0.329. The van der Waals surface area contributed by atoms with Gasteiger partial charge in [0.1, 0.15) is 0 Å². The standard InChI is InChI=1S/C28H31N.C2H4O2/c1-27(2,3)21-15-11-19(12-16-21)25-23-9-7-8-10-24(23)29-26(25)20-13-17-22(18-14-20)28(4,5)6;1-2(3)4/h7-18,29H,1-6H3;1H3,(H,3,4). The molecule has 0 aliphatic rings. The van der Waals surface area contributed by atoms with Crippen LogP contribution in [0.4, 0.5) is 0 Å². The molecular weight excluding hydrogens is 406 g/mol. The molecule has 0 fully saturated rings. The number of aromatic amines is 1. The SMILES string of the molecule is CC(=O)O.CC(C)(C)c1ccc(-c2[nH]c3ccccc3c2-c2ccc(C(C)(C)C)cc2)cc1. The zero-order chi connectivity index (χ0) is 24.4. The van der Waals surface area contributed by atoms with Gasteiger partial charge in [0.15, 0.2) is 0 Å². The number of aliphatic carboxylic acids is 1. The largest absolute Gasteiger partial charge is 0.481 e. The number of rotatable bonds is 2. The molecule has 3 heteroatoms. The molecule has 172 valence electrons. The molecule has 4 aromatic rings. The summed E-state index contributed by atoms with van der Waals surface area (Å²) in [5, 5.41) is 8.69. The Kier molecular flexibility index (Phi) is 6.83. The predicted molar refractivity (Wildman–Crippen MR) is 140 cm³/mol. The second-order valence-corrected chi connectivity index (χ2v) is 10.6. The van der Waals surface area contributed by atoms with Crippen LogP contribution in [0.2, 0.25) is 0 Å². The first kappa shape index (κ1) is 24.3.